The molecule has 0 aliphatic carbocycles. The van der Waals surface area contributed by atoms with Crippen molar-refractivity contribution in [3.05, 3.63) is 12.2 Å². The fraction of sp³-hybridized carbons (Fsp3) is 0.909. The zero-order valence-electron chi connectivity index (χ0n) is 17.8. The van der Waals surface area contributed by atoms with E-state index in [1.165, 1.54) is 24.8 Å². The molecule has 0 rings (SSSR count). The third-order valence-electron chi connectivity index (χ3n) is 6.97. The number of hydrogen-bond acceptors (Lipinski definition) is 0. The molecule has 0 bridgehead atoms. The van der Waals surface area contributed by atoms with Gasteiger partial charge < -0.3 is 0 Å². The molecule has 0 aromatic heterocycles. The van der Waals surface area contributed by atoms with Crippen LogP contribution in [0.25, 0.3) is 0 Å². The van der Waals surface area contributed by atoms with Gasteiger partial charge in [-0.1, -0.05) is 88.3 Å². The lowest BCUT2D eigenvalue weighted by Crippen LogP contribution is -2.42. The Bertz CT molecular complexity index is 383. The quantitative estimate of drug-likeness (QED) is 0.419. The fourth-order valence-corrected chi connectivity index (χ4v) is 3.17. The van der Waals surface area contributed by atoms with Crippen molar-refractivity contribution < 1.29 is 0 Å². The van der Waals surface area contributed by atoms with Gasteiger partial charge in [0.2, 0.25) is 0 Å². The lowest BCUT2D eigenvalue weighted by atomic mass is 9.53. The van der Waals surface area contributed by atoms with E-state index in [0.717, 1.165) is 0 Å². The van der Waals surface area contributed by atoms with Gasteiger partial charge in [-0.3, -0.25) is 0 Å². The van der Waals surface area contributed by atoms with Crippen molar-refractivity contribution in [2.75, 3.05) is 0 Å². The smallest absolute Gasteiger partial charge is 0.00988 e. The van der Waals surface area contributed by atoms with Crippen LogP contribution in [0.2, 0.25) is 0 Å². The highest BCUT2D eigenvalue weighted by Crippen LogP contribution is 2.55. The second-order valence-corrected chi connectivity index (χ2v) is 11.3. The van der Waals surface area contributed by atoms with Crippen LogP contribution in [0.3, 0.4) is 0 Å². The Morgan fingerprint density at radius 1 is 0.636 bits per heavy atom. The van der Waals surface area contributed by atoms with Crippen LogP contribution < -0.4 is 0 Å². The molecule has 0 fully saturated rings. The van der Waals surface area contributed by atoms with E-state index in [9.17, 15) is 0 Å². The highest BCUT2D eigenvalue weighted by atomic mass is 14.5. The first-order valence-electron chi connectivity index (χ1n) is 9.02. The minimum absolute atomic E-state index is 0.157. The van der Waals surface area contributed by atoms with Crippen LogP contribution >= 0.6 is 0 Å². The fourth-order valence-electron chi connectivity index (χ4n) is 3.17. The molecular weight excluding hydrogens is 264 g/mol. The molecule has 0 spiro atoms. The van der Waals surface area contributed by atoms with Crippen LogP contribution in [0, 0.1) is 27.1 Å². The molecule has 0 amide bonds. The number of hydrogen-bond donors (Lipinski definition) is 0. The van der Waals surface area contributed by atoms with Crippen molar-refractivity contribution in [3.63, 3.8) is 0 Å². The van der Waals surface area contributed by atoms with Crippen LogP contribution in [0.5, 0.6) is 0 Å². The molecule has 0 saturated heterocycles. The summed E-state index contributed by atoms with van der Waals surface area (Å²) in [6, 6.07) is 0. The normalized spacial score (nSPS) is 15.1. The molecule has 132 valence electrons. The molecule has 0 aliphatic rings. The number of allylic oxidation sites excluding steroid dienone is 1. The Morgan fingerprint density at radius 2 is 1.05 bits per heavy atom. The lowest BCUT2D eigenvalue weighted by molar-refractivity contribution is -0.000500. The van der Waals surface area contributed by atoms with Gasteiger partial charge in [0.15, 0.2) is 0 Å². The summed E-state index contributed by atoms with van der Waals surface area (Å²) in [7, 11) is 0. The van der Waals surface area contributed by atoms with Crippen LogP contribution in [0.1, 0.15) is 102 Å². The van der Waals surface area contributed by atoms with E-state index in [1.807, 2.05) is 0 Å². The van der Waals surface area contributed by atoms with Gasteiger partial charge in [-0.2, -0.15) is 0 Å². The van der Waals surface area contributed by atoms with E-state index >= 15 is 0 Å². The summed E-state index contributed by atoms with van der Waals surface area (Å²) in [5.41, 5.74) is 2.74. The van der Waals surface area contributed by atoms with Crippen molar-refractivity contribution in [1.29, 1.82) is 0 Å². The Labute approximate surface area is 142 Å². The van der Waals surface area contributed by atoms with E-state index < -0.39 is 0 Å². The van der Waals surface area contributed by atoms with Gasteiger partial charge in [-0.25, -0.2) is 0 Å². The molecule has 0 N–H and O–H groups in total. The first-order valence-corrected chi connectivity index (χ1v) is 9.02. The average Bonchev–Trinajstić information content (AvgIpc) is 2.23. The highest BCUT2D eigenvalue weighted by Gasteiger charge is 2.46. The third-order valence-corrected chi connectivity index (χ3v) is 6.97. The van der Waals surface area contributed by atoms with E-state index in [4.69, 9.17) is 0 Å². The summed E-state index contributed by atoms with van der Waals surface area (Å²) in [5.74, 6) is 0. The molecule has 0 aromatic rings. The Hall–Kier alpha value is -0.260. The van der Waals surface area contributed by atoms with E-state index in [2.05, 4.69) is 89.7 Å². The van der Waals surface area contributed by atoms with Crippen LogP contribution in [-0.2, 0) is 0 Å². The van der Waals surface area contributed by atoms with Gasteiger partial charge in [-0.15, -0.1) is 0 Å². The van der Waals surface area contributed by atoms with Gasteiger partial charge in [0.1, 0.15) is 0 Å². The molecule has 0 aliphatic heterocycles. The molecule has 0 nitrogen and oxygen atoms in total. The van der Waals surface area contributed by atoms with E-state index in [-0.39, 0.29) is 10.8 Å². The van der Waals surface area contributed by atoms with Crippen molar-refractivity contribution in [2.24, 2.45) is 27.1 Å². The van der Waals surface area contributed by atoms with E-state index in [1.54, 1.807) is 0 Å². The maximum Gasteiger partial charge on any atom is -0.00988 e. The summed E-state index contributed by atoms with van der Waals surface area (Å²) in [6.45, 7) is 32.9. The summed E-state index contributed by atoms with van der Waals surface area (Å²) in [4.78, 5) is 0. The second-order valence-electron chi connectivity index (χ2n) is 11.3. The van der Waals surface area contributed by atoms with Gasteiger partial charge in [0, 0.05) is 0 Å². The Balaban J connectivity index is 5.27. The molecule has 0 heterocycles. The zero-order chi connectivity index (χ0) is 18.2. The summed E-state index contributed by atoms with van der Waals surface area (Å²) < 4.78 is 0. The van der Waals surface area contributed by atoms with Crippen molar-refractivity contribution in [3.8, 4) is 0 Å². The van der Waals surface area contributed by atoms with Crippen LogP contribution in [0.4, 0.5) is 0 Å². The number of rotatable bonds is 7. The average molecular weight is 309 g/mol. The standard InChI is InChI=1S/C22H44/c1-17(2)22(12,13)21(10,11)16-20(8,9)19(6,7)15-14-18(3,4)5/h1,14-16H2,2-13H3. The molecular formula is C22H44. The topological polar surface area (TPSA) is 0 Å². The van der Waals surface area contributed by atoms with Gasteiger partial charge >= 0.3 is 0 Å². The highest BCUT2D eigenvalue weighted by molar-refractivity contribution is 5.10. The largest absolute Gasteiger partial charge is 0.0996 e. The predicted molar refractivity (Wildman–Crippen MR) is 103 cm³/mol. The molecule has 22 heavy (non-hydrogen) atoms. The summed E-state index contributed by atoms with van der Waals surface area (Å²) in [6.07, 6.45) is 3.79. The van der Waals surface area contributed by atoms with Crippen molar-refractivity contribution in [2.45, 2.75) is 102 Å². The van der Waals surface area contributed by atoms with Crippen LogP contribution in [-0.4, -0.2) is 0 Å². The first-order chi connectivity index (χ1) is 9.36. The van der Waals surface area contributed by atoms with Crippen molar-refractivity contribution >= 4 is 0 Å². The van der Waals surface area contributed by atoms with Crippen molar-refractivity contribution in [1.82, 2.24) is 0 Å². The Morgan fingerprint density at radius 3 is 1.36 bits per heavy atom. The molecule has 0 aromatic carbocycles. The van der Waals surface area contributed by atoms with Crippen LogP contribution in [0.15, 0.2) is 12.2 Å². The predicted octanol–water partition coefficient (Wildman–Crippen LogP) is 7.88. The summed E-state index contributed by atoms with van der Waals surface area (Å²) >= 11 is 0. The zero-order valence-corrected chi connectivity index (χ0v) is 17.8. The molecule has 0 radical (unpaired) electrons. The monoisotopic (exact) mass is 308 g/mol. The molecule has 0 heteroatoms. The maximum absolute atomic E-state index is 4.25. The van der Waals surface area contributed by atoms with Gasteiger partial charge in [0.05, 0.1) is 0 Å². The minimum Gasteiger partial charge on any atom is -0.0996 e. The first kappa shape index (κ1) is 21.7. The second kappa shape index (κ2) is 6.33. The lowest BCUT2D eigenvalue weighted by Gasteiger charge is -2.52. The van der Waals surface area contributed by atoms with E-state index in [0.29, 0.717) is 16.2 Å². The SMILES string of the molecule is C=C(C)C(C)(C)C(C)(C)CC(C)(C)C(C)(C)CCC(C)(C)C. The maximum atomic E-state index is 4.25. The molecule has 0 unspecified atom stereocenters. The van der Waals surface area contributed by atoms with Gasteiger partial charge in [0.25, 0.3) is 0 Å². The summed E-state index contributed by atoms with van der Waals surface area (Å²) in [5, 5.41) is 0. The van der Waals surface area contributed by atoms with Gasteiger partial charge in [-0.05, 0) is 53.3 Å². The third kappa shape index (κ3) is 5.14. The minimum atomic E-state index is 0.157. The molecule has 0 atom stereocenters. The molecule has 0 saturated carbocycles. The Kier molecular flexibility index (Phi) is 6.25.